The number of hydrogen-bond donors (Lipinski definition) is 3. The first-order valence-corrected chi connectivity index (χ1v) is 10.1. The van der Waals surface area contributed by atoms with Crippen LogP contribution in [0, 0.1) is 0 Å². The number of carbonyl (C=O) groups excluding carboxylic acids is 2. The molecule has 0 spiro atoms. The molecule has 0 saturated heterocycles. The van der Waals surface area contributed by atoms with Crippen molar-refractivity contribution < 1.29 is 14.7 Å². The van der Waals surface area contributed by atoms with Gasteiger partial charge < -0.3 is 15.7 Å². The summed E-state index contributed by atoms with van der Waals surface area (Å²) >= 11 is 0. The maximum absolute atomic E-state index is 12.8. The number of benzene rings is 2. The van der Waals surface area contributed by atoms with Crippen molar-refractivity contribution in [2.24, 2.45) is 0 Å². The Morgan fingerprint density at radius 2 is 1.90 bits per heavy atom. The summed E-state index contributed by atoms with van der Waals surface area (Å²) in [5.41, 5.74) is 3.38. The molecule has 0 aliphatic heterocycles. The average molecular weight is 404 g/mol. The van der Waals surface area contributed by atoms with E-state index in [0.717, 1.165) is 24.1 Å². The number of rotatable bonds is 6. The van der Waals surface area contributed by atoms with Gasteiger partial charge in [-0.2, -0.15) is 9.78 Å². The Bertz CT molecular complexity index is 1070. The molecule has 0 atom stereocenters. The highest BCUT2D eigenvalue weighted by molar-refractivity contribution is 5.91. The third-order valence-corrected chi connectivity index (χ3v) is 5.09. The standard InChI is InChI=1S/C23H24N4O3/c1-2-22(29)25-17-10-11-21(28)18(12-17)19-13-20(16-8-9-16)27(26-19)23(30)24-14-15-6-4-3-5-7-15/h3-7,10-13,16,28H,2,8-9,14H2,1H3,(H,24,30)(H,25,29). The number of carbonyl (C=O) groups is 2. The van der Waals surface area contributed by atoms with Crippen molar-refractivity contribution in [2.75, 3.05) is 5.32 Å². The van der Waals surface area contributed by atoms with Gasteiger partial charge in [-0.1, -0.05) is 37.3 Å². The number of nitrogens with zero attached hydrogens (tertiary/aromatic N) is 2. The smallest absolute Gasteiger partial charge is 0.342 e. The van der Waals surface area contributed by atoms with E-state index in [4.69, 9.17) is 0 Å². The molecule has 7 nitrogen and oxygen atoms in total. The van der Waals surface area contributed by atoms with Crippen LogP contribution in [0.2, 0.25) is 0 Å². The molecule has 3 aromatic rings. The normalized spacial score (nSPS) is 13.1. The molecular formula is C23H24N4O3. The topological polar surface area (TPSA) is 96.2 Å². The number of aromatic hydroxyl groups is 1. The van der Waals surface area contributed by atoms with Gasteiger partial charge in [-0.25, -0.2) is 4.79 Å². The maximum atomic E-state index is 12.8. The lowest BCUT2D eigenvalue weighted by Gasteiger charge is -2.08. The van der Waals surface area contributed by atoms with Gasteiger partial charge in [0.2, 0.25) is 5.91 Å². The average Bonchev–Trinajstić information content (AvgIpc) is 3.52. The second kappa shape index (κ2) is 8.41. The van der Waals surface area contributed by atoms with E-state index in [2.05, 4.69) is 15.7 Å². The van der Waals surface area contributed by atoms with Gasteiger partial charge in [0, 0.05) is 30.1 Å². The Balaban J connectivity index is 1.60. The first-order chi connectivity index (χ1) is 14.5. The van der Waals surface area contributed by atoms with Crippen LogP contribution in [0.25, 0.3) is 11.3 Å². The van der Waals surface area contributed by atoms with Gasteiger partial charge in [0.15, 0.2) is 0 Å². The third-order valence-electron chi connectivity index (χ3n) is 5.09. The minimum Gasteiger partial charge on any atom is -0.507 e. The molecule has 7 heteroatoms. The Kier molecular flexibility index (Phi) is 5.52. The fraction of sp³-hybridized carbons (Fsp3) is 0.261. The van der Waals surface area contributed by atoms with Crippen LogP contribution in [-0.2, 0) is 11.3 Å². The van der Waals surface area contributed by atoms with Crippen LogP contribution in [-0.4, -0.2) is 26.8 Å². The lowest BCUT2D eigenvalue weighted by molar-refractivity contribution is -0.115. The van der Waals surface area contributed by atoms with Crippen LogP contribution in [0.3, 0.4) is 0 Å². The summed E-state index contributed by atoms with van der Waals surface area (Å²) in [4.78, 5) is 24.5. The molecule has 2 amide bonds. The summed E-state index contributed by atoms with van der Waals surface area (Å²) in [6.45, 7) is 2.18. The predicted octanol–water partition coefficient (Wildman–Crippen LogP) is 4.24. The van der Waals surface area contributed by atoms with Gasteiger partial charge in [-0.05, 0) is 42.7 Å². The van der Waals surface area contributed by atoms with Gasteiger partial charge in [-0.3, -0.25) is 4.79 Å². The van der Waals surface area contributed by atoms with Crippen LogP contribution >= 0.6 is 0 Å². The number of nitrogens with one attached hydrogen (secondary N) is 2. The number of hydrogen-bond acceptors (Lipinski definition) is 4. The molecule has 1 fully saturated rings. The second-order valence-electron chi connectivity index (χ2n) is 7.42. The van der Waals surface area contributed by atoms with Gasteiger partial charge in [0.25, 0.3) is 0 Å². The number of phenolic OH excluding ortho intramolecular Hbond substituents is 1. The highest BCUT2D eigenvalue weighted by Crippen LogP contribution is 2.42. The summed E-state index contributed by atoms with van der Waals surface area (Å²) in [6, 6.07) is 16.1. The summed E-state index contributed by atoms with van der Waals surface area (Å²) in [5, 5.41) is 20.5. The number of aromatic nitrogens is 2. The van der Waals surface area contributed by atoms with E-state index in [1.54, 1.807) is 19.1 Å². The van der Waals surface area contributed by atoms with Crippen LogP contribution in [0.5, 0.6) is 5.75 Å². The van der Waals surface area contributed by atoms with E-state index in [9.17, 15) is 14.7 Å². The number of anilines is 1. The first-order valence-electron chi connectivity index (χ1n) is 10.1. The molecule has 4 rings (SSSR count). The number of amides is 2. The molecule has 30 heavy (non-hydrogen) atoms. The third kappa shape index (κ3) is 4.35. The van der Waals surface area contributed by atoms with Crippen molar-refractivity contribution in [3.8, 4) is 17.0 Å². The van der Waals surface area contributed by atoms with Crippen molar-refractivity contribution >= 4 is 17.6 Å². The molecule has 1 heterocycles. The first kappa shape index (κ1) is 19.7. The summed E-state index contributed by atoms with van der Waals surface area (Å²) < 4.78 is 1.40. The van der Waals surface area contributed by atoms with Crippen LogP contribution in [0.4, 0.5) is 10.5 Å². The van der Waals surface area contributed by atoms with E-state index in [1.165, 1.54) is 10.7 Å². The molecule has 0 bridgehead atoms. The molecule has 1 aliphatic carbocycles. The van der Waals surface area contributed by atoms with E-state index < -0.39 is 0 Å². The molecule has 1 aromatic heterocycles. The molecule has 0 unspecified atom stereocenters. The fourth-order valence-corrected chi connectivity index (χ4v) is 3.28. The Morgan fingerprint density at radius 3 is 2.60 bits per heavy atom. The van der Waals surface area contributed by atoms with Gasteiger partial charge in [0.05, 0.1) is 11.4 Å². The maximum Gasteiger partial charge on any atom is 0.342 e. The highest BCUT2D eigenvalue weighted by Gasteiger charge is 2.30. The highest BCUT2D eigenvalue weighted by atomic mass is 16.3. The molecule has 2 aromatic carbocycles. The lowest BCUT2D eigenvalue weighted by Crippen LogP contribution is -2.30. The fourth-order valence-electron chi connectivity index (χ4n) is 3.28. The molecule has 0 radical (unpaired) electrons. The Hall–Kier alpha value is -3.61. The summed E-state index contributed by atoms with van der Waals surface area (Å²) in [7, 11) is 0. The number of phenols is 1. The lowest BCUT2D eigenvalue weighted by atomic mass is 10.1. The Morgan fingerprint density at radius 1 is 1.13 bits per heavy atom. The zero-order valence-corrected chi connectivity index (χ0v) is 16.8. The summed E-state index contributed by atoms with van der Waals surface area (Å²) in [5.74, 6) is 0.219. The molecule has 154 valence electrons. The Labute approximate surface area is 174 Å². The second-order valence-corrected chi connectivity index (χ2v) is 7.42. The SMILES string of the molecule is CCC(=O)Nc1ccc(O)c(-c2cc(C3CC3)n(C(=O)NCc3ccccc3)n2)c1. The molecule has 1 saturated carbocycles. The van der Waals surface area contributed by atoms with Crippen molar-refractivity contribution in [2.45, 2.75) is 38.6 Å². The van der Waals surface area contributed by atoms with Crippen molar-refractivity contribution in [1.82, 2.24) is 15.1 Å². The zero-order chi connectivity index (χ0) is 21.1. The zero-order valence-electron chi connectivity index (χ0n) is 16.8. The van der Waals surface area contributed by atoms with Gasteiger partial charge >= 0.3 is 6.03 Å². The van der Waals surface area contributed by atoms with E-state index >= 15 is 0 Å². The minimum absolute atomic E-state index is 0.0428. The molecular weight excluding hydrogens is 380 g/mol. The predicted molar refractivity (Wildman–Crippen MR) is 114 cm³/mol. The van der Waals surface area contributed by atoms with Crippen molar-refractivity contribution in [3.63, 3.8) is 0 Å². The molecule has 3 N–H and O–H groups in total. The van der Waals surface area contributed by atoms with Gasteiger partial charge in [-0.15, -0.1) is 0 Å². The van der Waals surface area contributed by atoms with Gasteiger partial charge in [0.1, 0.15) is 5.75 Å². The van der Waals surface area contributed by atoms with Crippen molar-refractivity contribution in [1.29, 1.82) is 0 Å². The monoisotopic (exact) mass is 404 g/mol. The van der Waals surface area contributed by atoms with Crippen LogP contribution in [0.15, 0.2) is 54.6 Å². The minimum atomic E-state index is -0.304. The van der Waals surface area contributed by atoms with Crippen molar-refractivity contribution in [3.05, 3.63) is 65.9 Å². The summed E-state index contributed by atoms with van der Waals surface area (Å²) in [6.07, 6.45) is 2.38. The quantitative estimate of drug-likeness (QED) is 0.536. The molecule has 1 aliphatic rings. The van der Waals surface area contributed by atoms with E-state index in [0.29, 0.717) is 35.8 Å². The van der Waals surface area contributed by atoms with Crippen LogP contribution in [0.1, 0.15) is 43.4 Å². The van der Waals surface area contributed by atoms with Crippen LogP contribution < -0.4 is 10.6 Å². The van der Waals surface area contributed by atoms with E-state index in [-0.39, 0.29) is 17.7 Å². The van der Waals surface area contributed by atoms with E-state index in [1.807, 2.05) is 36.4 Å². The largest absolute Gasteiger partial charge is 0.507 e.